The average molecular weight is 896 g/mol. The molecule has 6 nitrogen and oxygen atoms in total. The van der Waals surface area contributed by atoms with E-state index < -0.39 is 97.0 Å². The molecular formula is C16F32O6. The van der Waals surface area contributed by atoms with Crippen molar-refractivity contribution in [3.63, 3.8) is 0 Å². The first-order chi connectivity index (χ1) is 22.7. The van der Waals surface area contributed by atoms with Gasteiger partial charge in [0.2, 0.25) is 0 Å². The first kappa shape index (κ1) is 49.5. The number of hydrogen-bond donors (Lipinski definition) is 0. The fraction of sp³-hybridized carbons (Fsp3) is 1.00. The number of alkyl halides is 32. The van der Waals surface area contributed by atoms with Crippen LogP contribution in [-0.2, 0) is 28.4 Å². The summed E-state index contributed by atoms with van der Waals surface area (Å²) in [5, 5.41) is 0. The molecule has 0 aromatic rings. The van der Waals surface area contributed by atoms with Crippen molar-refractivity contribution in [3.8, 4) is 0 Å². The summed E-state index contributed by atoms with van der Waals surface area (Å²) in [6.45, 7) is 0. The zero-order chi connectivity index (χ0) is 44.2. The lowest BCUT2D eigenvalue weighted by molar-refractivity contribution is -0.603. The average Bonchev–Trinajstić information content (AvgIpc) is 2.82. The summed E-state index contributed by atoms with van der Waals surface area (Å²) in [7, 11) is 0. The fourth-order valence-electron chi connectivity index (χ4n) is 2.53. The molecular weight excluding hydrogens is 896 g/mol. The molecule has 0 bridgehead atoms. The zero-order valence-corrected chi connectivity index (χ0v) is 22.5. The molecule has 0 saturated carbocycles. The smallest absolute Gasteiger partial charge is 0.262 e. The summed E-state index contributed by atoms with van der Waals surface area (Å²) in [4.78, 5) is 0. The van der Waals surface area contributed by atoms with Gasteiger partial charge in [0, 0.05) is 0 Å². The van der Waals surface area contributed by atoms with Crippen LogP contribution in [0.3, 0.4) is 0 Å². The quantitative estimate of drug-likeness (QED) is 0.226. The van der Waals surface area contributed by atoms with E-state index in [9.17, 15) is 140 Å². The van der Waals surface area contributed by atoms with Crippen LogP contribution < -0.4 is 0 Å². The van der Waals surface area contributed by atoms with Crippen LogP contribution in [0.15, 0.2) is 0 Å². The van der Waals surface area contributed by atoms with Crippen LogP contribution in [0.1, 0.15) is 0 Å². The molecule has 0 aliphatic carbocycles. The van der Waals surface area contributed by atoms with Crippen molar-refractivity contribution >= 4 is 0 Å². The fourth-order valence-corrected chi connectivity index (χ4v) is 2.53. The van der Waals surface area contributed by atoms with E-state index in [0.29, 0.717) is 0 Å². The van der Waals surface area contributed by atoms with E-state index in [1.54, 1.807) is 0 Å². The van der Waals surface area contributed by atoms with Crippen molar-refractivity contribution in [2.75, 3.05) is 0 Å². The third-order valence-corrected chi connectivity index (χ3v) is 5.18. The van der Waals surface area contributed by atoms with Crippen LogP contribution in [0.2, 0.25) is 0 Å². The van der Waals surface area contributed by atoms with Gasteiger partial charge in [0.15, 0.2) is 0 Å². The van der Waals surface area contributed by atoms with Crippen LogP contribution in [0.25, 0.3) is 0 Å². The van der Waals surface area contributed by atoms with Crippen molar-refractivity contribution in [1.29, 1.82) is 0 Å². The molecule has 0 aromatic heterocycles. The highest BCUT2D eigenvalue weighted by molar-refractivity contribution is 4.97. The van der Waals surface area contributed by atoms with Crippen LogP contribution in [0.4, 0.5) is 140 Å². The van der Waals surface area contributed by atoms with Crippen molar-refractivity contribution < 1.29 is 169 Å². The van der Waals surface area contributed by atoms with E-state index in [0.717, 1.165) is 28.4 Å². The molecule has 2 atom stereocenters. The second kappa shape index (κ2) is 12.5. The summed E-state index contributed by atoms with van der Waals surface area (Å²) in [5.41, 5.74) is 0. The van der Waals surface area contributed by atoms with E-state index in [4.69, 9.17) is 0 Å². The molecule has 38 heteroatoms. The summed E-state index contributed by atoms with van der Waals surface area (Å²) in [5.74, 6) is -36.3. The molecule has 1 aliphatic heterocycles. The molecule has 0 spiro atoms. The molecule has 1 heterocycles. The van der Waals surface area contributed by atoms with E-state index >= 15 is 0 Å². The van der Waals surface area contributed by atoms with E-state index in [2.05, 4.69) is 0 Å². The molecule has 0 N–H and O–H groups in total. The van der Waals surface area contributed by atoms with Crippen molar-refractivity contribution in [2.45, 2.75) is 97.0 Å². The lowest BCUT2D eigenvalue weighted by Gasteiger charge is -2.42. The molecule has 0 amide bonds. The lowest BCUT2D eigenvalue weighted by Crippen LogP contribution is -2.70. The summed E-state index contributed by atoms with van der Waals surface area (Å²) in [6.07, 6.45) is -106. The molecule has 0 aromatic carbocycles. The highest BCUT2D eigenvalue weighted by atomic mass is 19.4. The molecule has 324 valence electrons. The Bertz CT molecular complexity index is 1260. The van der Waals surface area contributed by atoms with Crippen LogP contribution >= 0.6 is 0 Å². The second-order valence-corrected chi connectivity index (χ2v) is 9.11. The maximum Gasteiger partial charge on any atom is 0.458 e. The topological polar surface area (TPSA) is 55.4 Å². The highest BCUT2D eigenvalue weighted by Gasteiger charge is 2.90. The lowest BCUT2D eigenvalue weighted by atomic mass is 10.2. The first-order valence-electron chi connectivity index (χ1n) is 11.0. The Hall–Kier alpha value is -2.48. The number of ether oxygens (including phenoxy) is 6. The monoisotopic (exact) mass is 896 g/mol. The van der Waals surface area contributed by atoms with Crippen molar-refractivity contribution in [1.82, 2.24) is 0 Å². The Balaban J connectivity index is 4.43. The molecule has 2 unspecified atom stereocenters. The van der Waals surface area contributed by atoms with Crippen LogP contribution in [-0.4, -0.2) is 97.0 Å². The Kier molecular flexibility index (Phi) is 11.5. The summed E-state index contributed by atoms with van der Waals surface area (Å²) >= 11 is 0. The minimum absolute atomic E-state index is 0.833. The van der Waals surface area contributed by atoms with Gasteiger partial charge in [-0.1, -0.05) is 0 Å². The minimum atomic E-state index is -9.12. The predicted molar refractivity (Wildman–Crippen MR) is 85.7 cm³/mol. The summed E-state index contributed by atoms with van der Waals surface area (Å²) in [6, 6.07) is 0. The van der Waals surface area contributed by atoms with Gasteiger partial charge in [-0.2, -0.15) is 140 Å². The Morgan fingerprint density at radius 1 is 0.204 bits per heavy atom. The minimum Gasteiger partial charge on any atom is -0.262 e. The predicted octanol–water partition coefficient (Wildman–Crippen LogP) is 9.75. The largest absolute Gasteiger partial charge is 0.458 e. The van der Waals surface area contributed by atoms with Crippen LogP contribution in [0, 0.1) is 0 Å². The zero-order valence-electron chi connectivity index (χ0n) is 22.5. The van der Waals surface area contributed by atoms with Gasteiger partial charge in [-0.25, -0.2) is 18.9 Å². The van der Waals surface area contributed by atoms with E-state index in [1.807, 2.05) is 0 Å². The molecule has 1 fully saturated rings. The Morgan fingerprint density at radius 2 is 0.352 bits per heavy atom. The molecule has 54 heavy (non-hydrogen) atoms. The number of rotatable bonds is 0. The number of hydrogen-bond acceptors (Lipinski definition) is 6. The highest BCUT2D eigenvalue weighted by Crippen LogP contribution is 2.61. The van der Waals surface area contributed by atoms with Gasteiger partial charge in [0.05, 0.1) is 0 Å². The van der Waals surface area contributed by atoms with Crippen molar-refractivity contribution in [3.05, 3.63) is 0 Å². The van der Waals surface area contributed by atoms with Gasteiger partial charge in [0.25, 0.3) is 0 Å². The van der Waals surface area contributed by atoms with Gasteiger partial charge >= 0.3 is 97.0 Å². The van der Waals surface area contributed by atoms with E-state index in [1.165, 1.54) is 0 Å². The normalized spacial score (nSPS) is 34.7. The van der Waals surface area contributed by atoms with Gasteiger partial charge in [-0.3, -0.25) is 9.47 Å². The molecule has 1 aliphatic rings. The van der Waals surface area contributed by atoms with Gasteiger partial charge in [0.1, 0.15) is 0 Å². The van der Waals surface area contributed by atoms with E-state index in [-0.39, 0.29) is 0 Å². The number of halogens is 32. The molecule has 1 saturated heterocycles. The molecule has 1 rings (SSSR count). The standard InChI is InChI=1S/C16F32O6/c17-1(18)7(29,30)49-3(21,5(23,24)25)11(37,38)53-16(47,48)14(43,44)52-10(35,36)2(19,20)8(31,32)50-4(22,6(26,27)28)12(39,40)54-15(45,46)13(41,42)51-9(1,33)34. The SMILES string of the molecule is FC(F)(F)C1(F)OC(F)(F)C(F)(F)C(F)(F)OC(F)(F)C(F)(F)OC(F)(F)C(F)(C(F)(F)F)OC(F)(F)C(F)(F)C(F)(F)OC(F)(F)C(F)(F)OC1(F)F. The Morgan fingerprint density at radius 3 is 0.519 bits per heavy atom. The van der Waals surface area contributed by atoms with Gasteiger partial charge in [-0.15, -0.1) is 0 Å². The van der Waals surface area contributed by atoms with Crippen molar-refractivity contribution in [2.24, 2.45) is 0 Å². The summed E-state index contributed by atoms with van der Waals surface area (Å²) < 4.78 is 440. The third kappa shape index (κ3) is 7.64. The van der Waals surface area contributed by atoms with Crippen LogP contribution in [0.5, 0.6) is 0 Å². The maximum atomic E-state index is 14.2. The maximum absolute atomic E-state index is 14.2. The third-order valence-electron chi connectivity index (χ3n) is 5.18. The van der Waals surface area contributed by atoms with Gasteiger partial charge < -0.3 is 0 Å². The second-order valence-electron chi connectivity index (χ2n) is 9.11. The first-order valence-corrected chi connectivity index (χ1v) is 11.0. The molecule has 0 radical (unpaired) electrons. The van der Waals surface area contributed by atoms with Gasteiger partial charge in [-0.05, 0) is 0 Å². The Labute approximate surface area is 267 Å².